The van der Waals surface area contributed by atoms with Gasteiger partial charge in [0, 0.05) is 0 Å². The summed E-state index contributed by atoms with van der Waals surface area (Å²) in [5.41, 5.74) is 2.27. The molecule has 0 saturated carbocycles. The first-order chi connectivity index (χ1) is 12.1. The molecular formula is C23H20F2. The van der Waals surface area contributed by atoms with Crippen LogP contribution in [0.1, 0.15) is 30.9 Å². The second-order valence-corrected chi connectivity index (χ2v) is 6.81. The molecule has 0 atom stereocenters. The molecule has 0 aliphatic carbocycles. The Bertz CT molecular complexity index is 1110. The zero-order valence-electron chi connectivity index (χ0n) is 14.5. The predicted molar refractivity (Wildman–Crippen MR) is 102 cm³/mol. The molecule has 0 saturated heterocycles. The van der Waals surface area contributed by atoms with Crippen LogP contribution < -0.4 is 0 Å². The van der Waals surface area contributed by atoms with Crippen LogP contribution in [0.2, 0.25) is 0 Å². The van der Waals surface area contributed by atoms with Gasteiger partial charge < -0.3 is 0 Å². The van der Waals surface area contributed by atoms with Crippen LogP contribution in [0.4, 0.5) is 8.78 Å². The Hall–Kier alpha value is -2.48. The number of rotatable bonds is 3. The van der Waals surface area contributed by atoms with Crippen molar-refractivity contribution in [1.29, 1.82) is 0 Å². The minimum Gasteiger partial charge on any atom is -0.207 e. The van der Waals surface area contributed by atoms with Gasteiger partial charge in [0.15, 0.2) is 0 Å². The van der Waals surface area contributed by atoms with Crippen LogP contribution in [-0.2, 0) is 6.42 Å². The number of aryl methyl sites for hydroxylation is 2. The van der Waals surface area contributed by atoms with Gasteiger partial charge in [-0.1, -0.05) is 37.6 Å². The molecule has 0 N–H and O–H groups in total. The van der Waals surface area contributed by atoms with Crippen molar-refractivity contribution in [3.05, 3.63) is 71.3 Å². The van der Waals surface area contributed by atoms with E-state index in [0.29, 0.717) is 0 Å². The van der Waals surface area contributed by atoms with Crippen LogP contribution in [-0.4, -0.2) is 0 Å². The summed E-state index contributed by atoms with van der Waals surface area (Å²) in [5.74, 6) is -0.455. The molecule has 0 amide bonds. The molecule has 126 valence electrons. The molecule has 0 unspecified atom stereocenters. The van der Waals surface area contributed by atoms with Gasteiger partial charge in [0.05, 0.1) is 0 Å². The maximum Gasteiger partial charge on any atom is 0.123 e. The average Bonchev–Trinajstić information content (AvgIpc) is 2.60. The van der Waals surface area contributed by atoms with Crippen LogP contribution in [0.5, 0.6) is 0 Å². The van der Waals surface area contributed by atoms with Gasteiger partial charge >= 0.3 is 0 Å². The molecule has 0 aliphatic rings. The quantitative estimate of drug-likeness (QED) is 0.351. The Morgan fingerprint density at radius 3 is 2.24 bits per heavy atom. The number of hydrogen-bond donors (Lipinski definition) is 0. The fraction of sp³-hybridized carbons (Fsp3) is 0.217. The summed E-state index contributed by atoms with van der Waals surface area (Å²) < 4.78 is 27.7. The molecule has 4 rings (SSSR count). The summed E-state index contributed by atoms with van der Waals surface area (Å²) in [6.45, 7) is 4.17. The largest absolute Gasteiger partial charge is 0.207 e. The zero-order chi connectivity index (χ0) is 17.6. The lowest BCUT2D eigenvalue weighted by Gasteiger charge is -2.15. The highest BCUT2D eigenvalue weighted by molar-refractivity contribution is 6.19. The first-order valence-electron chi connectivity index (χ1n) is 8.82. The first-order valence-corrected chi connectivity index (χ1v) is 8.82. The van der Waals surface area contributed by atoms with Crippen molar-refractivity contribution in [2.24, 2.45) is 0 Å². The van der Waals surface area contributed by atoms with Crippen molar-refractivity contribution < 1.29 is 8.78 Å². The Morgan fingerprint density at radius 1 is 0.760 bits per heavy atom. The van der Waals surface area contributed by atoms with Crippen LogP contribution in [0.25, 0.3) is 32.3 Å². The lowest BCUT2D eigenvalue weighted by molar-refractivity contribution is 0.629. The lowest BCUT2D eigenvalue weighted by atomic mass is 9.89. The molecule has 0 heterocycles. The second kappa shape index (κ2) is 6.11. The summed E-state index contributed by atoms with van der Waals surface area (Å²) in [6, 6.07) is 14.2. The highest BCUT2D eigenvalue weighted by Gasteiger charge is 2.13. The molecule has 25 heavy (non-hydrogen) atoms. The van der Waals surface area contributed by atoms with E-state index in [0.717, 1.165) is 57.1 Å². The third kappa shape index (κ3) is 2.66. The van der Waals surface area contributed by atoms with Crippen LogP contribution in [0.15, 0.2) is 48.5 Å². The summed E-state index contributed by atoms with van der Waals surface area (Å²) in [4.78, 5) is 0. The fourth-order valence-electron chi connectivity index (χ4n) is 3.84. The SMILES string of the molecule is CCCCc1cc2ccc(F)cc2c2cc(C)c3cc(F)ccc3c12. The van der Waals surface area contributed by atoms with E-state index in [9.17, 15) is 8.78 Å². The molecular weight excluding hydrogens is 314 g/mol. The van der Waals surface area contributed by atoms with Gasteiger partial charge in [-0.15, -0.1) is 0 Å². The normalized spacial score (nSPS) is 11.7. The molecule has 0 aliphatic heterocycles. The molecule has 4 aromatic rings. The smallest absolute Gasteiger partial charge is 0.123 e. The second-order valence-electron chi connectivity index (χ2n) is 6.81. The number of benzene rings is 4. The summed E-state index contributed by atoms with van der Waals surface area (Å²) >= 11 is 0. The first kappa shape index (κ1) is 16.0. The summed E-state index contributed by atoms with van der Waals surface area (Å²) in [6.07, 6.45) is 3.18. The van der Waals surface area contributed by atoms with E-state index in [-0.39, 0.29) is 11.6 Å². The van der Waals surface area contributed by atoms with Crippen LogP contribution in [0, 0.1) is 18.6 Å². The maximum atomic E-state index is 13.9. The highest BCUT2D eigenvalue weighted by atomic mass is 19.1. The molecule has 0 fully saturated rings. The zero-order valence-corrected chi connectivity index (χ0v) is 14.5. The van der Waals surface area contributed by atoms with Gasteiger partial charge in [0.2, 0.25) is 0 Å². The van der Waals surface area contributed by atoms with Gasteiger partial charge in [-0.25, -0.2) is 8.78 Å². The van der Waals surface area contributed by atoms with Crippen LogP contribution in [0.3, 0.4) is 0 Å². The van der Waals surface area contributed by atoms with Gasteiger partial charge in [0.25, 0.3) is 0 Å². The maximum absolute atomic E-state index is 13.9. The van der Waals surface area contributed by atoms with E-state index in [2.05, 4.69) is 19.1 Å². The van der Waals surface area contributed by atoms with Gasteiger partial charge in [-0.3, -0.25) is 0 Å². The van der Waals surface area contributed by atoms with E-state index in [1.807, 2.05) is 19.1 Å². The molecule has 2 heteroatoms. The molecule has 0 nitrogen and oxygen atoms in total. The van der Waals surface area contributed by atoms with Gasteiger partial charge in [0.1, 0.15) is 11.6 Å². The number of unbranched alkanes of at least 4 members (excludes halogenated alkanes) is 1. The van der Waals surface area contributed by atoms with E-state index >= 15 is 0 Å². The van der Waals surface area contributed by atoms with Crippen molar-refractivity contribution in [2.45, 2.75) is 33.1 Å². The van der Waals surface area contributed by atoms with Crippen molar-refractivity contribution in [3.63, 3.8) is 0 Å². The number of halogens is 2. The third-order valence-electron chi connectivity index (χ3n) is 5.06. The molecule has 0 radical (unpaired) electrons. The van der Waals surface area contributed by atoms with E-state index in [1.54, 1.807) is 12.1 Å². The monoisotopic (exact) mass is 334 g/mol. The lowest BCUT2D eigenvalue weighted by Crippen LogP contribution is -1.93. The number of fused-ring (bicyclic) bond motifs is 5. The van der Waals surface area contributed by atoms with Crippen LogP contribution >= 0.6 is 0 Å². The van der Waals surface area contributed by atoms with E-state index in [4.69, 9.17) is 0 Å². The fourth-order valence-corrected chi connectivity index (χ4v) is 3.84. The highest BCUT2D eigenvalue weighted by Crippen LogP contribution is 2.37. The minimum atomic E-state index is -0.230. The molecule has 0 spiro atoms. The molecule has 0 aromatic heterocycles. The summed E-state index contributed by atoms with van der Waals surface area (Å²) in [7, 11) is 0. The van der Waals surface area contributed by atoms with Gasteiger partial charge in [-0.05, 0) is 87.5 Å². The van der Waals surface area contributed by atoms with Crippen molar-refractivity contribution in [1.82, 2.24) is 0 Å². The minimum absolute atomic E-state index is 0.225. The Balaban J connectivity index is 2.22. The predicted octanol–water partition coefficient (Wildman–Crippen LogP) is 7.08. The Labute approximate surface area is 146 Å². The van der Waals surface area contributed by atoms with E-state index in [1.165, 1.54) is 17.7 Å². The third-order valence-corrected chi connectivity index (χ3v) is 5.06. The Morgan fingerprint density at radius 2 is 1.48 bits per heavy atom. The van der Waals surface area contributed by atoms with Gasteiger partial charge in [-0.2, -0.15) is 0 Å². The Kier molecular flexibility index (Phi) is 3.91. The van der Waals surface area contributed by atoms with Crippen molar-refractivity contribution in [3.8, 4) is 0 Å². The topological polar surface area (TPSA) is 0 Å². The van der Waals surface area contributed by atoms with Crippen molar-refractivity contribution >= 4 is 32.3 Å². The standard InChI is InChI=1S/C23H20F2/c1-3-4-5-16-11-15-6-7-17(24)13-21(15)22-10-14(2)20-12-18(25)8-9-19(20)23(16)22/h6-13H,3-5H2,1-2H3. The number of hydrogen-bond acceptors (Lipinski definition) is 0. The molecule has 0 bridgehead atoms. The van der Waals surface area contributed by atoms with Crippen molar-refractivity contribution in [2.75, 3.05) is 0 Å². The molecule has 4 aromatic carbocycles. The van der Waals surface area contributed by atoms with E-state index < -0.39 is 0 Å². The average molecular weight is 334 g/mol. The summed E-state index contributed by atoms with van der Waals surface area (Å²) in [5, 5.41) is 6.15.